The Kier molecular flexibility index (Phi) is 6.00. The monoisotopic (exact) mass is 344 g/mol. The molecule has 132 valence electrons. The van der Waals surface area contributed by atoms with Gasteiger partial charge in [-0.3, -0.25) is 4.79 Å². The standard InChI is InChI=1S/C19H20O6/c1-12(18(20)13-5-7-15(22-2)8-6-13)25-19(21)14-9-16(23-3)11-17(10-14)24-4/h5-12H,1-4H3/t12-/m1/s1. The van der Waals surface area contributed by atoms with E-state index in [2.05, 4.69) is 0 Å². The second-order valence-electron chi connectivity index (χ2n) is 5.24. The maximum Gasteiger partial charge on any atom is 0.339 e. The van der Waals surface area contributed by atoms with Gasteiger partial charge in [-0.15, -0.1) is 0 Å². The van der Waals surface area contributed by atoms with Gasteiger partial charge in [0.1, 0.15) is 17.2 Å². The first kappa shape index (κ1) is 18.3. The molecule has 0 aliphatic heterocycles. The highest BCUT2D eigenvalue weighted by atomic mass is 16.5. The van der Waals surface area contributed by atoms with Gasteiger partial charge in [0.25, 0.3) is 0 Å². The van der Waals surface area contributed by atoms with Crippen LogP contribution in [0.25, 0.3) is 0 Å². The van der Waals surface area contributed by atoms with Crippen molar-refractivity contribution in [2.45, 2.75) is 13.0 Å². The van der Waals surface area contributed by atoms with Crippen LogP contribution in [0.1, 0.15) is 27.6 Å². The molecule has 0 amide bonds. The van der Waals surface area contributed by atoms with Gasteiger partial charge < -0.3 is 18.9 Å². The lowest BCUT2D eigenvalue weighted by molar-refractivity contribution is 0.0318. The number of rotatable bonds is 7. The summed E-state index contributed by atoms with van der Waals surface area (Å²) in [7, 11) is 4.52. The lowest BCUT2D eigenvalue weighted by atomic mass is 10.1. The van der Waals surface area contributed by atoms with Gasteiger partial charge in [-0.05, 0) is 43.3 Å². The van der Waals surface area contributed by atoms with Gasteiger partial charge in [-0.1, -0.05) is 0 Å². The quantitative estimate of drug-likeness (QED) is 0.568. The first-order chi connectivity index (χ1) is 12.0. The van der Waals surface area contributed by atoms with E-state index in [0.29, 0.717) is 22.8 Å². The number of hydrogen-bond acceptors (Lipinski definition) is 6. The topological polar surface area (TPSA) is 71.1 Å². The average Bonchev–Trinajstić information content (AvgIpc) is 2.66. The van der Waals surface area contributed by atoms with Crippen molar-refractivity contribution < 1.29 is 28.5 Å². The fourth-order valence-corrected chi connectivity index (χ4v) is 2.20. The van der Waals surface area contributed by atoms with Crippen LogP contribution in [0.4, 0.5) is 0 Å². The summed E-state index contributed by atoms with van der Waals surface area (Å²) in [5.41, 5.74) is 0.676. The molecule has 2 rings (SSSR count). The minimum absolute atomic E-state index is 0.241. The van der Waals surface area contributed by atoms with E-state index in [1.807, 2.05) is 0 Å². The number of carbonyl (C=O) groups excluding carboxylic acids is 2. The number of hydrogen-bond donors (Lipinski definition) is 0. The van der Waals surface area contributed by atoms with Crippen molar-refractivity contribution in [1.82, 2.24) is 0 Å². The smallest absolute Gasteiger partial charge is 0.339 e. The number of methoxy groups -OCH3 is 3. The minimum Gasteiger partial charge on any atom is -0.497 e. The lowest BCUT2D eigenvalue weighted by Crippen LogP contribution is -2.24. The van der Waals surface area contributed by atoms with Gasteiger partial charge in [0.2, 0.25) is 5.78 Å². The second kappa shape index (κ2) is 8.19. The van der Waals surface area contributed by atoms with E-state index < -0.39 is 12.1 Å². The Hall–Kier alpha value is -3.02. The molecule has 0 aliphatic rings. The van der Waals surface area contributed by atoms with Crippen molar-refractivity contribution >= 4 is 11.8 Å². The first-order valence-electron chi connectivity index (χ1n) is 7.60. The Morgan fingerprint density at radius 2 is 1.28 bits per heavy atom. The molecule has 6 nitrogen and oxygen atoms in total. The highest BCUT2D eigenvalue weighted by molar-refractivity contribution is 6.01. The molecule has 2 aromatic rings. The zero-order chi connectivity index (χ0) is 18.4. The molecule has 0 radical (unpaired) electrons. The maximum absolute atomic E-state index is 12.4. The number of ether oxygens (including phenoxy) is 4. The third kappa shape index (κ3) is 4.50. The van der Waals surface area contributed by atoms with Gasteiger partial charge in [-0.25, -0.2) is 4.79 Å². The van der Waals surface area contributed by atoms with E-state index in [1.54, 1.807) is 37.4 Å². The molecule has 25 heavy (non-hydrogen) atoms. The molecule has 0 unspecified atom stereocenters. The van der Waals surface area contributed by atoms with Gasteiger partial charge in [0.15, 0.2) is 6.10 Å². The van der Waals surface area contributed by atoms with Crippen LogP contribution in [0.5, 0.6) is 17.2 Å². The molecule has 0 fully saturated rings. The first-order valence-corrected chi connectivity index (χ1v) is 7.60. The summed E-state index contributed by atoms with van der Waals surface area (Å²) >= 11 is 0. The molecule has 0 saturated heterocycles. The molecule has 0 heterocycles. The van der Waals surface area contributed by atoms with Crippen molar-refractivity contribution in [1.29, 1.82) is 0 Å². The molecule has 0 aliphatic carbocycles. The van der Waals surface area contributed by atoms with Crippen molar-refractivity contribution in [3.8, 4) is 17.2 Å². The molecule has 0 bridgehead atoms. The summed E-state index contributed by atoms with van der Waals surface area (Å²) in [6, 6.07) is 11.3. The average molecular weight is 344 g/mol. The Labute approximate surface area is 146 Å². The molecular weight excluding hydrogens is 324 g/mol. The van der Waals surface area contributed by atoms with Crippen LogP contribution in [0.2, 0.25) is 0 Å². The van der Waals surface area contributed by atoms with Crippen LogP contribution in [-0.4, -0.2) is 39.2 Å². The fourth-order valence-electron chi connectivity index (χ4n) is 2.20. The molecular formula is C19H20O6. The van der Waals surface area contributed by atoms with Crippen molar-refractivity contribution in [3.63, 3.8) is 0 Å². The van der Waals surface area contributed by atoms with Crippen LogP contribution in [0.3, 0.4) is 0 Å². The minimum atomic E-state index is -0.932. The number of Topliss-reactive ketones (excluding diaryl/α,β-unsaturated/α-hetero) is 1. The van der Waals surface area contributed by atoms with Crippen LogP contribution in [0.15, 0.2) is 42.5 Å². The van der Waals surface area contributed by atoms with Crippen LogP contribution >= 0.6 is 0 Å². The lowest BCUT2D eigenvalue weighted by Gasteiger charge is -2.14. The normalized spacial score (nSPS) is 11.4. The molecule has 0 N–H and O–H groups in total. The van der Waals surface area contributed by atoms with E-state index >= 15 is 0 Å². The summed E-state index contributed by atoms with van der Waals surface area (Å²) < 4.78 is 20.6. The Bertz CT molecular complexity index is 729. The third-order valence-electron chi connectivity index (χ3n) is 3.61. The van der Waals surface area contributed by atoms with Crippen molar-refractivity contribution in [3.05, 3.63) is 53.6 Å². The fraction of sp³-hybridized carbons (Fsp3) is 0.263. The summed E-state index contributed by atoms with van der Waals surface area (Å²) in [4.78, 5) is 24.7. The summed E-state index contributed by atoms with van der Waals surface area (Å²) in [5, 5.41) is 0. The number of carbonyl (C=O) groups is 2. The summed E-state index contributed by atoms with van der Waals surface area (Å²) in [5.74, 6) is 0.628. The van der Waals surface area contributed by atoms with Gasteiger partial charge in [-0.2, -0.15) is 0 Å². The molecule has 2 aromatic carbocycles. The van der Waals surface area contributed by atoms with Gasteiger partial charge in [0, 0.05) is 11.6 Å². The van der Waals surface area contributed by atoms with E-state index in [4.69, 9.17) is 18.9 Å². The van der Waals surface area contributed by atoms with Gasteiger partial charge in [0.05, 0.1) is 26.9 Å². The zero-order valence-corrected chi connectivity index (χ0v) is 14.6. The second-order valence-corrected chi connectivity index (χ2v) is 5.24. The Morgan fingerprint density at radius 1 is 0.760 bits per heavy atom. The van der Waals surface area contributed by atoms with E-state index in [1.165, 1.54) is 33.3 Å². The van der Waals surface area contributed by atoms with E-state index in [-0.39, 0.29) is 11.3 Å². The summed E-state index contributed by atoms with van der Waals surface area (Å²) in [6.07, 6.45) is -0.932. The number of benzene rings is 2. The van der Waals surface area contributed by atoms with E-state index in [0.717, 1.165) is 0 Å². The largest absolute Gasteiger partial charge is 0.497 e. The van der Waals surface area contributed by atoms with Crippen LogP contribution < -0.4 is 14.2 Å². The third-order valence-corrected chi connectivity index (χ3v) is 3.61. The predicted octanol–water partition coefficient (Wildman–Crippen LogP) is 3.14. The van der Waals surface area contributed by atoms with Crippen molar-refractivity contribution in [2.24, 2.45) is 0 Å². The molecule has 0 aromatic heterocycles. The predicted molar refractivity (Wildman–Crippen MR) is 91.7 cm³/mol. The summed E-state index contributed by atoms with van der Waals surface area (Å²) in [6.45, 7) is 1.53. The Balaban J connectivity index is 2.12. The Morgan fingerprint density at radius 3 is 1.76 bits per heavy atom. The molecule has 0 saturated carbocycles. The maximum atomic E-state index is 12.4. The van der Waals surface area contributed by atoms with Crippen molar-refractivity contribution in [2.75, 3.05) is 21.3 Å². The van der Waals surface area contributed by atoms with E-state index in [9.17, 15) is 9.59 Å². The highest BCUT2D eigenvalue weighted by Crippen LogP contribution is 2.23. The number of ketones is 1. The highest BCUT2D eigenvalue weighted by Gasteiger charge is 2.21. The number of esters is 1. The van der Waals surface area contributed by atoms with Gasteiger partial charge >= 0.3 is 5.97 Å². The zero-order valence-electron chi connectivity index (χ0n) is 14.6. The molecule has 0 spiro atoms. The van der Waals surface area contributed by atoms with Crippen LogP contribution in [0, 0.1) is 0 Å². The molecule has 6 heteroatoms. The SMILES string of the molecule is COc1ccc(C(=O)[C@@H](C)OC(=O)c2cc(OC)cc(OC)c2)cc1. The van der Waals surface area contributed by atoms with Crippen LogP contribution in [-0.2, 0) is 4.74 Å². The molecule has 1 atom stereocenters.